The van der Waals surface area contributed by atoms with Crippen LogP contribution in [0.25, 0.3) is 16.1 Å². The van der Waals surface area contributed by atoms with E-state index in [1.54, 1.807) is 11.3 Å². The minimum Gasteiger partial charge on any atom is -0.233 e. The van der Waals surface area contributed by atoms with Gasteiger partial charge in [0.2, 0.25) is 0 Å². The number of aromatic nitrogens is 3. The third-order valence-corrected chi connectivity index (χ3v) is 5.82. The van der Waals surface area contributed by atoms with E-state index in [0.717, 1.165) is 32.5 Å². The third kappa shape index (κ3) is 3.09. The standard InChI is InChI=1S/C19H24ClN3S/c1-5-7-14(8-6-2)16-11-12(3)21-19-17(13(4)22-23(16)19)18-15(20)9-10-24-18/h9-11,14H,5-8H2,1-4H3. The van der Waals surface area contributed by atoms with E-state index in [-0.39, 0.29) is 0 Å². The second-order valence-electron chi connectivity index (χ2n) is 6.39. The van der Waals surface area contributed by atoms with Gasteiger partial charge in [0.1, 0.15) is 0 Å². The summed E-state index contributed by atoms with van der Waals surface area (Å²) in [5.74, 6) is 0.523. The Bertz CT molecular complexity index is 844. The van der Waals surface area contributed by atoms with E-state index >= 15 is 0 Å². The lowest BCUT2D eigenvalue weighted by Gasteiger charge is -2.17. The summed E-state index contributed by atoms with van der Waals surface area (Å²) in [6, 6.07) is 4.15. The van der Waals surface area contributed by atoms with Gasteiger partial charge in [-0.05, 0) is 44.2 Å². The van der Waals surface area contributed by atoms with Crippen LogP contribution in [0.4, 0.5) is 0 Å². The number of nitrogens with zero attached hydrogens (tertiary/aromatic N) is 3. The first-order valence-corrected chi connectivity index (χ1v) is 9.92. The van der Waals surface area contributed by atoms with Crippen LogP contribution in [0.1, 0.15) is 62.5 Å². The highest BCUT2D eigenvalue weighted by Gasteiger charge is 2.22. The molecule has 3 heterocycles. The lowest BCUT2D eigenvalue weighted by atomic mass is 9.94. The van der Waals surface area contributed by atoms with Gasteiger partial charge in [0.25, 0.3) is 0 Å². The highest BCUT2D eigenvalue weighted by molar-refractivity contribution is 7.14. The van der Waals surface area contributed by atoms with Crippen LogP contribution in [0.15, 0.2) is 17.5 Å². The maximum atomic E-state index is 6.39. The molecule has 0 amide bonds. The number of fused-ring (bicyclic) bond motifs is 1. The average molecular weight is 362 g/mol. The molecule has 0 aliphatic rings. The predicted molar refractivity (Wildman–Crippen MR) is 103 cm³/mol. The van der Waals surface area contributed by atoms with Crippen molar-refractivity contribution in [2.24, 2.45) is 0 Å². The molecule has 0 saturated heterocycles. The van der Waals surface area contributed by atoms with Crippen molar-refractivity contribution >= 4 is 28.6 Å². The molecular weight excluding hydrogens is 338 g/mol. The largest absolute Gasteiger partial charge is 0.233 e. The van der Waals surface area contributed by atoms with Gasteiger partial charge in [-0.1, -0.05) is 38.3 Å². The number of thiophene rings is 1. The minimum atomic E-state index is 0.523. The van der Waals surface area contributed by atoms with Crippen molar-refractivity contribution in [3.63, 3.8) is 0 Å². The highest BCUT2D eigenvalue weighted by atomic mass is 35.5. The van der Waals surface area contributed by atoms with Crippen molar-refractivity contribution < 1.29 is 0 Å². The second-order valence-corrected chi connectivity index (χ2v) is 7.71. The zero-order valence-electron chi connectivity index (χ0n) is 14.8. The van der Waals surface area contributed by atoms with Crippen molar-refractivity contribution in [1.29, 1.82) is 0 Å². The summed E-state index contributed by atoms with van der Waals surface area (Å²) in [5.41, 5.74) is 5.33. The maximum Gasteiger partial charge on any atom is 0.164 e. The smallest absolute Gasteiger partial charge is 0.164 e. The van der Waals surface area contributed by atoms with E-state index in [4.69, 9.17) is 21.7 Å². The Labute approximate surface area is 152 Å². The molecule has 0 N–H and O–H groups in total. The van der Waals surface area contributed by atoms with Crippen LogP contribution in [0.3, 0.4) is 0 Å². The van der Waals surface area contributed by atoms with E-state index in [1.165, 1.54) is 31.4 Å². The molecule has 0 unspecified atom stereocenters. The second kappa shape index (κ2) is 7.24. The summed E-state index contributed by atoms with van der Waals surface area (Å²) in [4.78, 5) is 5.87. The lowest BCUT2D eigenvalue weighted by molar-refractivity contribution is 0.533. The monoisotopic (exact) mass is 361 g/mol. The molecule has 0 bridgehead atoms. The summed E-state index contributed by atoms with van der Waals surface area (Å²) >= 11 is 8.04. The van der Waals surface area contributed by atoms with Gasteiger partial charge in [0.05, 0.1) is 21.2 Å². The number of rotatable bonds is 6. The Morgan fingerprint density at radius 3 is 2.50 bits per heavy atom. The molecule has 0 aromatic carbocycles. The molecule has 0 aliphatic heterocycles. The Balaban J connectivity index is 2.25. The molecule has 0 aliphatic carbocycles. The molecular formula is C19H24ClN3S. The normalized spacial score (nSPS) is 11.8. The van der Waals surface area contributed by atoms with Gasteiger partial charge in [-0.3, -0.25) is 0 Å². The van der Waals surface area contributed by atoms with Gasteiger partial charge in [0, 0.05) is 17.3 Å². The van der Waals surface area contributed by atoms with Crippen LogP contribution in [-0.2, 0) is 0 Å². The highest BCUT2D eigenvalue weighted by Crippen LogP contribution is 2.38. The van der Waals surface area contributed by atoms with Crippen molar-refractivity contribution in [1.82, 2.24) is 14.6 Å². The molecule has 3 rings (SSSR count). The van der Waals surface area contributed by atoms with E-state index in [0.29, 0.717) is 5.92 Å². The quantitative estimate of drug-likeness (QED) is 0.507. The predicted octanol–water partition coefficient (Wildman–Crippen LogP) is 6.41. The van der Waals surface area contributed by atoms with Crippen LogP contribution < -0.4 is 0 Å². The summed E-state index contributed by atoms with van der Waals surface area (Å²) in [7, 11) is 0. The molecule has 5 heteroatoms. The molecule has 0 saturated carbocycles. The van der Waals surface area contributed by atoms with Crippen molar-refractivity contribution in [3.05, 3.63) is 39.6 Å². The van der Waals surface area contributed by atoms with Crippen LogP contribution in [0.5, 0.6) is 0 Å². The van der Waals surface area contributed by atoms with Gasteiger partial charge in [-0.25, -0.2) is 9.50 Å². The summed E-state index contributed by atoms with van der Waals surface area (Å²) < 4.78 is 2.06. The fourth-order valence-corrected chi connectivity index (χ4v) is 4.68. The Morgan fingerprint density at radius 1 is 1.21 bits per heavy atom. The van der Waals surface area contributed by atoms with Crippen LogP contribution in [0.2, 0.25) is 5.02 Å². The van der Waals surface area contributed by atoms with Crippen LogP contribution >= 0.6 is 22.9 Å². The van der Waals surface area contributed by atoms with Crippen molar-refractivity contribution in [2.75, 3.05) is 0 Å². The number of hydrogen-bond donors (Lipinski definition) is 0. The molecule has 0 radical (unpaired) electrons. The SMILES string of the molecule is CCCC(CCC)c1cc(C)nc2c(-c3sccc3Cl)c(C)nn12. The maximum absolute atomic E-state index is 6.39. The molecule has 3 aromatic rings. The number of hydrogen-bond acceptors (Lipinski definition) is 3. The van der Waals surface area contributed by atoms with Gasteiger partial charge >= 0.3 is 0 Å². The lowest BCUT2D eigenvalue weighted by Crippen LogP contribution is -2.08. The van der Waals surface area contributed by atoms with Gasteiger partial charge in [-0.2, -0.15) is 5.10 Å². The van der Waals surface area contributed by atoms with Crippen LogP contribution in [0, 0.1) is 13.8 Å². The third-order valence-electron chi connectivity index (χ3n) is 4.46. The van der Waals surface area contributed by atoms with Gasteiger partial charge < -0.3 is 0 Å². The first-order valence-electron chi connectivity index (χ1n) is 8.67. The molecule has 128 valence electrons. The Hall–Kier alpha value is -1.39. The first kappa shape index (κ1) is 17.4. The molecule has 3 aromatic heterocycles. The summed E-state index contributed by atoms with van der Waals surface area (Å²) in [6.45, 7) is 8.62. The molecule has 0 spiro atoms. The Morgan fingerprint density at radius 2 is 1.92 bits per heavy atom. The van der Waals surface area contributed by atoms with Crippen LogP contribution in [-0.4, -0.2) is 14.6 Å². The summed E-state index contributed by atoms with van der Waals surface area (Å²) in [5, 5.41) is 7.64. The molecule has 24 heavy (non-hydrogen) atoms. The molecule has 3 nitrogen and oxygen atoms in total. The van der Waals surface area contributed by atoms with E-state index < -0.39 is 0 Å². The fraction of sp³-hybridized carbons (Fsp3) is 0.474. The van der Waals surface area contributed by atoms with E-state index in [2.05, 4.69) is 31.4 Å². The van der Waals surface area contributed by atoms with Gasteiger partial charge in [-0.15, -0.1) is 11.3 Å². The first-order chi connectivity index (χ1) is 11.6. The summed E-state index contributed by atoms with van der Waals surface area (Å²) in [6.07, 6.45) is 4.72. The zero-order valence-corrected chi connectivity index (χ0v) is 16.3. The van der Waals surface area contributed by atoms with E-state index in [9.17, 15) is 0 Å². The fourth-order valence-electron chi connectivity index (χ4n) is 3.44. The molecule has 0 atom stereocenters. The average Bonchev–Trinajstić information content (AvgIpc) is 3.08. The minimum absolute atomic E-state index is 0.523. The van der Waals surface area contributed by atoms with E-state index in [1.807, 2.05) is 18.4 Å². The number of aryl methyl sites for hydroxylation is 2. The topological polar surface area (TPSA) is 30.2 Å². The molecule has 0 fully saturated rings. The Kier molecular flexibility index (Phi) is 5.26. The van der Waals surface area contributed by atoms with Gasteiger partial charge in [0.15, 0.2) is 5.65 Å². The zero-order chi connectivity index (χ0) is 17.3. The number of halogens is 1. The van der Waals surface area contributed by atoms with Crippen molar-refractivity contribution in [3.8, 4) is 10.4 Å². The van der Waals surface area contributed by atoms with Crippen molar-refractivity contribution in [2.45, 2.75) is 59.3 Å².